The van der Waals surface area contributed by atoms with Gasteiger partial charge in [0.15, 0.2) is 0 Å². The number of nitrogens with one attached hydrogen (secondary N) is 1. The molecule has 0 saturated carbocycles. The van der Waals surface area contributed by atoms with Gasteiger partial charge in [0.05, 0.1) is 23.5 Å². The summed E-state index contributed by atoms with van der Waals surface area (Å²) in [7, 11) is -4.11. The molecular formula is C21H23ClN2O7S. The Hall–Kier alpha value is -2.98. The molecule has 0 radical (unpaired) electrons. The fourth-order valence-electron chi connectivity index (χ4n) is 3.09. The Labute approximate surface area is 190 Å². The first kappa shape index (κ1) is 23.7. The summed E-state index contributed by atoms with van der Waals surface area (Å²) >= 11 is 5.98. The molecule has 1 unspecified atom stereocenters. The van der Waals surface area contributed by atoms with E-state index in [4.69, 9.17) is 26.2 Å². The fourth-order valence-corrected chi connectivity index (χ4v) is 4.89. The number of rotatable bonds is 5. The minimum absolute atomic E-state index is 0.0579. The Morgan fingerprint density at radius 3 is 2.59 bits per heavy atom. The Balaban J connectivity index is 2.01. The summed E-state index contributed by atoms with van der Waals surface area (Å²) in [5.41, 5.74) is -0.280. The van der Waals surface area contributed by atoms with Crippen LogP contribution in [-0.2, 0) is 19.6 Å². The van der Waals surface area contributed by atoms with E-state index in [1.54, 1.807) is 26.8 Å². The van der Waals surface area contributed by atoms with Crippen LogP contribution in [0.15, 0.2) is 47.4 Å². The molecule has 0 fully saturated rings. The van der Waals surface area contributed by atoms with E-state index in [0.717, 1.165) is 4.31 Å². The summed E-state index contributed by atoms with van der Waals surface area (Å²) in [6.45, 7) is 4.92. The van der Waals surface area contributed by atoms with Crippen LogP contribution in [-0.4, -0.2) is 43.8 Å². The van der Waals surface area contributed by atoms with Crippen LogP contribution in [0, 0.1) is 0 Å². The number of carboxylic acid groups (broad SMARTS) is 1. The van der Waals surface area contributed by atoms with Gasteiger partial charge in [0.1, 0.15) is 17.5 Å². The summed E-state index contributed by atoms with van der Waals surface area (Å²) in [5.74, 6) is -0.954. The molecule has 172 valence electrons. The lowest BCUT2D eigenvalue weighted by molar-refractivity contribution is -0.138. The van der Waals surface area contributed by atoms with Gasteiger partial charge in [0, 0.05) is 10.7 Å². The Morgan fingerprint density at radius 2 is 1.97 bits per heavy atom. The van der Waals surface area contributed by atoms with Gasteiger partial charge in [-0.05, 0) is 57.2 Å². The van der Waals surface area contributed by atoms with Crippen molar-refractivity contribution in [1.82, 2.24) is 0 Å². The monoisotopic (exact) mass is 482 g/mol. The van der Waals surface area contributed by atoms with E-state index < -0.39 is 33.8 Å². The fraction of sp³-hybridized carbons (Fsp3) is 0.333. The first-order valence-corrected chi connectivity index (χ1v) is 11.5. The van der Waals surface area contributed by atoms with Gasteiger partial charge in [0.25, 0.3) is 10.0 Å². The summed E-state index contributed by atoms with van der Waals surface area (Å²) < 4.78 is 38.8. The zero-order chi connectivity index (χ0) is 23.7. The first-order valence-electron chi connectivity index (χ1n) is 9.66. The third kappa shape index (κ3) is 5.63. The molecule has 0 aromatic heterocycles. The molecule has 2 aromatic rings. The van der Waals surface area contributed by atoms with Gasteiger partial charge in [0.2, 0.25) is 0 Å². The van der Waals surface area contributed by atoms with E-state index in [1.165, 1.54) is 36.4 Å². The lowest BCUT2D eigenvalue weighted by Gasteiger charge is -2.35. The van der Waals surface area contributed by atoms with Crippen LogP contribution < -0.4 is 14.4 Å². The number of amides is 1. The average molecular weight is 483 g/mol. The highest BCUT2D eigenvalue weighted by Crippen LogP contribution is 2.39. The zero-order valence-electron chi connectivity index (χ0n) is 17.7. The first-order chi connectivity index (χ1) is 14.8. The van der Waals surface area contributed by atoms with Crippen molar-refractivity contribution in [3.8, 4) is 5.75 Å². The maximum absolute atomic E-state index is 13.4. The van der Waals surface area contributed by atoms with Gasteiger partial charge in [-0.3, -0.25) is 14.4 Å². The maximum Gasteiger partial charge on any atom is 0.412 e. The second-order valence-corrected chi connectivity index (χ2v) is 10.4. The molecule has 2 aromatic carbocycles. The molecule has 9 nitrogen and oxygen atoms in total. The Morgan fingerprint density at radius 1 is 1.25 bits per heavy atom. The largest absolute Gasteiger partial charge is 0.486 e. The van der Waals surface area contributed by atoms with Crippen molar-refractivity contribution >= 4 is 45.1 Å². The molecule has 1 aliphatic rings. The number of carboxylic acids is 1. The van der Waals surface area contributed by atoms with Crippen molar-refractivity contribution in [3.63, 3.8) is 0 Å². The number of aliphatic carboxylic acids is 1. The van der Waals surface area contributed by atoms with Crippen molar-refractivity contribution in [3.05, 3.63) is 47.5 Å². The highest BCUT2D eigenvalue weighted by molar-refractivity contribution is 7.92. The normalized spacial score (nSPS) is 16.0. The Bertz CT molecular complexity index is 1150. The van der Waals surface area contributed by atoms with Crippen LogP contribution in [0.25, 0.3) is 0 Å². The summed E-state index contributed by atoms with van der Waals surface area (Å²) in [4.78, 5) is 23.3. The van der Waals surface area contributed by atoms with E-state index in [2.05, 4.69) is 5.32 Å². The van der Waals surface area contributed by atoms with Crippen LogP contribution in [0.4, 0.5) is 16.2 Å². The molecule has 1 atom stereocenters. The molecule has 32 heavy (non-hydrogen) atoms. The number of halogens is 1. The smallest absolute Gasteiger partial charge is 0.412 e. The van der Waals surface area contributed by atoms with Crippen LogP contribution >= 0.6 is 11.6 Å². The molecule has 0 spiro atoms. The van der Waals surface area contributed by atoms with Gasteiger partial charge < -0.3 is 14.6 Å². The average Bonchev–Trinajstić information content (AvgIpc) is 2.65. The van der Waals surface area contributed by atoms with Crippen LogP contribution in [0.3, 0.4) is 0 Å². The molecule has 1 aliphatic heterocycles. The number of hydrogen-bond donors (Lipinski definition) is 2. The minimum Gasteiger partial charge on any atom is -0.486 e. The van der Waals surface area contributed by atoms with Crippen molar-refractivity contribution in [2.75, 3.05) is 16.2 Å². The van der Waals surface area contributed by atoms with Gasteiger partial charge in [-0.1, -0.05) is 17.7 Å². The van der Waals surface area contributed by atoms with E-state index in [1.807, 2.05) is 0 Å². The molecule has 2 N–H and O–H groups in total. The van der Waals surface area contributed by atoms with Crippen LogP contribution in [0.2, 0.25) is 5.02 Å². The molecule has 0 saturated heterocycles. The van der Waals surface area contributed by atoms with Crippen molar-refractivity contribution in [2.24, 2.45) is 0 Å². The third-order valence-corrected chi connectivity index (χ3v) is 6.33. The number of anilines is 2. The SMILES string of the molecule is CC(C)(C)OC(=O)Nc1ccc2c(c1)N(S(=O)(=O)c1cccc(Cl)c1)CC(CC(=O)O)O2. The number of carbonyl (C=O) groups excluding carboxylic acids is 1. The predicted octanol–water partition coefficient (Wildman–Crippen LogP) is 4.12. The quantitative estimate of drug-likeness (QED) is 0.657. The predicted molar refractivity (Wildman–Crippen MR) is 119 cm³/mol. The summed E-state index contributed by atoms with van der Waals surface area (Å²) in [5, 5.41) is 12.0. The maximum atomic E-state index is 13.4. The van der Waals surface area contributed by atoms with Crippen molar-refractivity contribution < 1.29 is 32.6 Å². The molecular weight excluding hydrogens is 460 g/mol. The van der Waals surface area contributed by atoms with E-state index in [9.17, 15) is 18.0 Å². The number of hydrogen-bond acceptors (Lipinski definition) is 6. The number of ether oxygens (including phenoxy) is 2. The highest BCUT2D eigenvalue weighted by atomic mass is 35.5. The lowest BCUT2D eigenvalue weighted by Crippen LogP contribution is -2.44. The van der Waals surface area contributed by atoms with Crippen LogP contribution in [0.5, 0.6) is 5.75 Å². The number of nitrogens with zero attached hydrogens (tertiary/aromatic N) is 1. The van der Waals surface area contributed by atoms with Crippen molar-refractivity contribution in [1.29, 1.82) is 0 Å². The molecule has 0 bridgehead atoms. The molecule has 11 heteroatoms. The third-order valence-electron chi connectivity index (χ3n) is 4.32. The number of fused-ring (bicyclic) bond motifs is 1. The second kappa shape index (κ2) is 8.87. The Kier molecular flexibility index (Phi) is 6.56. The summed E-state index contributed by atoms with van der Waals surface area (Å²) in [6.07, 6.45) is -2.00. The van der Waals surface area contributed by atoms with E-state index in [0.29, 0.717) is 0 Å². The van der Waals surface area contributed by atoms with Gasteiger partial charge >= 0.3 is 12.1 Å². The molecule has 1 amide bonds. The van der Waals surface area contributed by atoms with Gasteiger partial charge in [-0.2, -0.15) is 0 Å². The minimum atomic E-state index is -4.11. The second-order valence-electron chi connectivity index (χ2n) is 8.14. The van der Waals surface area contributed by atoms with E-state index in [-0.39, 0.29) is 40.0 Å². The zero-order valence-corrected chi connectivity index (χ0v) is 19.2. The molecule has 3 rings (SSSR count). The highest BCUT2D eigenvalue weighted by Gasteiger charge is 2.36. The van der Waals surface area contributed by atoms with E-state index >= 15 is 0 Å². The molecule has 1 heterocycles. The van der Waals surface area contributed by atoms with Crippen molar-refractivity contribution in [2.45, 2.75) is 43.8 Å². The lowest BCUT2D eigenvalue weighted by atomic mass is 10.1. The number of carbonyl (C=O) groups is 2. The topological polar surface area (TPSA) is 122 Å². The van der Waals surface area contributed by atoms with Crippen LogP contribution in [0.1, 0.15) is 27.2 Å². The standard InChI is InChI=1S/C21H23ClN2O7S/c1-21(2,3)31-20(27)23-14-7-8-18-17(10-14)24(12-15(30-18)11-19(25)26)32(28,29)16-6-4-5-13(22)9-16/h4-10,15H,11-12H2,1-3H3,(H,23,27)(H,25,26). The molecule has 0 aliphatic carbocycles. The van der Waals surface area contributed by atoms with Gasteiger partial charge in [-0.25, -0.2) is 13.2 Å². The van der Waals surface area contributed by atoms with Gasteiger partial charge in [-0.15, -0.1) is 0 Å². The number of sulfonamides is 1. The number of benzene rings is 2. The summed E-state index contributed by atoms with van der Waals surface area (Å²) in [6, 6.07) is 10.2.